The lowest BCUT2D eigenvalue weighted by Gasteiger charge is -2.37. The second kappa shape index (κ2) is 5.29. The van der Waals surface area contributed by atoms with Crippen molar-refractivity contribution < 1.29 is 9.53 Å². The Balaban J connectivity index is 1.69. The van der Waals surface area contributed by atoms with Crippen molar-refractivity contribution in [1.82, 2.24) is 14.9 Å². The zero-order valence-electron chi connectivity index (χ0n) is 9.17. The smallest absolute Gasteiger partial charge is 0.233 e. The monoisotopic (exact) mass is 256 g/mol. The summed E-state index contributed by atoms with van der Waals surface area (Å²) in [4.78, 5) is 20.4. The van der Waals surface area contributed by atoms with Crippen LogP contribution in [0.2, 0.25) is 5.15 Å². The third kappa shape index (κ3) is 3.54. The number of primary amides is 1. The van der Waals surface area contributed by atoms with Crippen LogP contribution >= 0.6 is 11.6 Å². The number of ether oxygens (including phenoxy) is 1. The van der Waals surface area contributed by atoms with Crippen LogP contribution in [0.5, 0.6) is 5.88 Å². The van der Waals surface area contributed by atoms with E-state index in [0.717, 1.165) is 13.1 Å². The van der Waals surface area contributed by atoms with E-state index in [0.29, 0.717) is 30.1 Å². The number of hydrogen-bond acceptors (Lipinski definition) is 5. The van der Waals surface area contributed by atoms with E-state index in [1.54, 1.807) is 0 Å². The van der Waals surface area contributed by atoms with Gasteiger partial charge in [0.05, 0.1) is 25.5 Å². The Kier molecular flexibility index (Phi) is 3.75. The predicted molar refractivity (Wildman–Crippen MR) is 61.7 cm³/mol. The molecule has 0 radical (unpaired) electrons. The van der Waals surface area contributed by atoms with Crippen molar-refractivity contribution in [3.05, 3.63) is 17.5 Å². The van der Waals surface area contributed by atoms with Crippen LogP contribution in [0.15, 0.2) is 12.4 Å². The molecule has 0 spiro atoms. The number of rotatable bonds is 5. The van der Waals surface area contributed by atoms with Gasteiger partial charge in [0.15, 0.2) is 5.15 Å². The van der Waals surface area contributed by atoms with E-state index in [2.05, 4.69) is 9.97 Å². The Morgan fingerprint density at radius 3 is 3.00 bits per heavy atom. The molecule has 2 heterocycles. The van der Waals surface area contributed by atoms with E-state index >= 15 is 0 Å². The lowest BCUT2D eigenvalue weighted by molar-refractivity contribution is -0.120. The molecule has 7 heteroatoms. The van der Waals surface area contributed by atoms with Crippen molar-refractivity contribution in [2.45, 2.75) is 0 Å². The van der Waals surface area contributed by atoms with Crippen molar-refractivity contribution in [2.24, 2.45) is 11.7 Å². The fourth-order valence-corrected chi connectivity index (χ4v) is 1.87. The molecule has 6 nitrogen and oxygen atoms in total. The molecule has 1 aliphatic heterocycles. The molecule has 1 aliphatic rings. The van der Waals surface area contributed by atoms with Crippen LogP contribution < -0.4 is 10.5 Å². The maximum atomic E-state index is 10.6. The number of carbonyl (C=O) groups excluding carboxylic acids is 1. The third-order valence-electron chi connectivity index (χ3n) is 2.46. The van der Waals surface area contributed by atoms with Gasteiger partial charge in [-0.3, -0.25) is 14.7 Å². The third-order valence-corrected chi connectivity index (χ3v) is 2.64. The van der Waals surface area contributed by atoms with Crippen LogP contribution in [-0.2, 0) is 4.79 Å². The van der Waals surface area contributed by atoms with E-state index in [9.17, 15) is 4.79 Å². The first kappa shape index (κ1) is 12.1. The second-order valence-corrected chi connectivity index (χ2v) is 4.40. The Hall–Kier alpha value is -1.40. The summed E-state index contributed by atoms with van der Waals surface area (Å²) in [6.45, 7) is 2.49. The van der Waals surface area contributed by atoms with E-state index in [1.165, 1.54) is 12.4 Å². The first-order valence-electron chi connectivity index (χ1n) is 5.24. The highest BCUT2D eigenvalue weighted by Gasteiger charge is 2.28. The van der Waals surface area contributed by atoms with Gasteiger partial charge in [-0.15, -0.1) is 0 Å². The minimum Gasteiger partial charge on any atom is -0.476 e. The molecule has 0 saturated carbocycles. The summed E-state index contributed by atoms with van der Waals surface area (Å²) in [6, 6.07) is 0. The van der Waals surface area contributed by atoms with Gasteiger partial charge in [-0.05, 0) is 0 Å². The SMILES string of the molecule is NC(=O)CN1CC(COc2cncc(Cl)n2)C1. The molecule has 1 amide bonds. The molecule has 0 aliphatic carbocycles. The lowest BCUT2D eigenvalue weighted by atomic mass is 10.0. The number of carbonyl (C=O) groups is 1. The molecule has 0 bridgehead atoms. The standard InChI is InChI=1S/C10H13ClN4O2/c11-8-1-13-2-10(14-8)17-6-7-3-15(4-7)5-9(12)16/h1-2,7H,3-6H2,(H2,12,16). The summed E-state index contributed by atoms with van der Waals surface area (Å²) in [7, 11) is 0. The summed E-state index contributed by atoms with van der Waals surface area (Å²) in [5, 5.41) is 0.312. The first-order chi connectivity index (χ1) is 8.13. The van der Waals surface area contributed by atoms with Crippen molar-refractivity contribution in [2.75, 3.05) is 26.2 Å². The number of aromatic nitrogens is 2. The predicted octanol–water partition coefficient (Wildman–Crippen LogP) is -0.0741. The van der Waals surface area contributed by atoms with E-state index in [1.807, 2.05) is 4.90 Å². The Morgan fingerprint density at radius 1 is 1.59 bits per heavy atom. The highest BCUT2D eigenvalue weighted by atomic mass is 35.5. The molecular formula is C10H13ClN4O2. The van der Waals surface area contributed by atoms with E-state index in [4.69, 9.17) is 22.1 Å². The van der Waals surface area contributed by atoms with E-state index < -0.39 is 0 Å². The zero-order valence-corrected chi connectivity index (χ0v) is 9.93. The maximum Gasteiger partial charge on any atom is 0.233 e. The lowest BCUT2D eigenvalue weighted by Crippen LogP contribution is -2.52. The van der Waals surface area contributed by atoms with Crippen LogP contribution in [-0.4, -0.2) is 47.0 Å². The van der Waals surface area contributed by atoms with Gasteiger partial charge >= 0.3 is 0 Å². The second-order valence-electron chi connectivity index (χ2n) is 4.02. The average molecular weight is 257 g/mol. The minimum absolute atomic E-state index is 0.301. The van der Waals surface area contributed by atoms with Gasteiger partial charge in [-0.25, -0.2) is 0 Å². The fraction of sp³-hybridized carbons (Fsp3) is 0.500. The van der Waals surface area contributed by atoms with Crippen LogP contribution in [0, 0.1) is 5.92 Å². The maximum absolute atomic E-state index is 10.6. The van der Waals surface area contributed by atoms with Crippen molar-refractivity contribution in [3.8, 4) is 5.88 Å². The van der Waals surface area contributed by atoms with Crippen LogP contribution in [0.1, 0.15) is 0 Å². The zero-order chi connectivity index (χ0) is 12.3. The molecule has 1 aromatic rings. The number of likely N-dealkylation sites (tertiary alicyclic amines) is 1. The molecule has 17 heavy (non-hydrogen) atoms. The van der Waals surface area contributed by atoms with Crippen LogP contribution in [0.3, 0.4) is 0 Å². The number of halogens is 1. The van der Waals surface area contributed by atoms with Gasteiger partial charge in [0.1, 0.15) is 0 Å². The fourth-order valence-electron chi connectivity index (χ4n) is 1.73. The molecule has 1 aromatic heterocycles. The van der Waals surface area contributed by atoms with Crippen molar-refractivity contribution in [3.63, 3.8) is 0 Å². The van der Waals surface area contributed by atoms with Gasteiger partial charge in [0.2, 0.25) is 11.8 Å². The molecule has 92 valence electrons. The Bertz CT molecular complexity index is 409. The van der Waals surface area contributed by atoms with Gasteiger partial charge in [0.25, 0.3) is 0 Å². The first-order valence-corrected chi connectivity index (χ1v) is 5.62. The summed E-state index contributed by atoms with van der Waals surface area (Å²) >= 11 is 5.68. The highest BCUT2D eigenvalue weighted by molar-refractivity contribution is 6.29. The Labute approximate surface area is 104 Å². The van der Waals surface area contributed by atoms with Gasteiger partial charge in [-0.2, -0.15) is 4.98 Å². The van der Waals surface area contributed by atoms with Crippen LogP contribution in [0.25, 0.3) is 0 Å². The highest BCUT2D eigenvalue weighted by Crippen LogP contribution is 2.16. The van der Waals surface area contributed by atoms with Crippen molar-refractivity contribution >= 4 is 17.5 Å². The molecule has 0 atom stereocenters. The Morgan fingerprint density at radius 2 is 2.35 bits per heavy atom. The van der Waals surface area contributed by atoms with Gasteiger partial charge < -0.3 is 10.5 Å². The molecule has 1 fully saturated rings. The summed E-state index contributed by atoms with van der Waals surface area (Å²) in [5.74, 6) is 0.519. The number of nitrogens with zero attached hydrogens (tertiary/aromatic N) is 3. The molecule has 2 rings (SSSR count). The summed E-state index contributed by atoms with van der Waals surface area (Å²) in [6.07, 6.45) is 2.97. The van der Waals surface area contributed by atoms with Gasteiger partial charge in [0, 0.05) is 19.0 Å². The molecule has 0 aromatic carbocycles. The molecule has 0 unspecified atom stereocenters. The average Bonchev–Trinajstić information content (AvgIpc) is 2.21. The summed E-state index contributed by atoms with van der Waals surface area (Å²) < 4.78 is 5.44. The minimum atomic E-state index is -0.301. The molecule has 1 saturated heterocycles. The van der Waals surface area contributed by atoms with Crippen molar-refractivity contribution in [1.29, 1.82) is 0 Å². The largest absolute Gasteiger partial charge is 0.476 e. The quantitative estimate of drug-likeness (QED) is 0.797. The number of hydrogen-bond donors (Lipinski definition) is 1. The number of amides is 1. The summed E-state index contributed by atoms with van der Waals surface area (Å²) in [5.41, 5.74) is 5.09. The number of nitrogens with two attached hydrogens (primary N) is 1. The topological polar surface area (TPSA) is 81.3 Å². The molecular weight excluding hydrogens is 244 g/mol. The van der Waals surface area contributed by atoms with Gasteiger partial charge in [-0.1, -0.05) is 11.6 Å². The van der Waals surface area contributed by atoms with E-state index in [-0.39, 0.29) is 5.91 Å². The normalized spacial score (nSPS) is 16.5. The molecule has 2 N–H and O–H groups in total. The van der Waals surface area contributed by atoms with Crippen LogP contribution in [0.4, 0.5) is 0 Å².